The highest BCUT2D eigenvalue weighted by Crippen LogP contribution is 2.05. The molecule has 1 aromatic rings. The fourth-order valence-electron chi connectivity index (χ4n) is 0.848. The summed E-state index contributed by atoms with van der Waals surface area (Å²) in [6.07, 6.45) is 0. The van der Waals surface area contributed by atoms with Crippen LogP contribution in [0.1, 0.15) is 11.4 Å². The van der Waals surface area contributed by atoms with Gasteiger partial charge in [0.05, 0.1) is 0 Å². The molecule has 0 fully saturated rings. The summed E-state index contributed by atoms with van der Waals surface area (Å²) in [6.45, 7) is 8.45. The molecule has 0 bridgehead atoms. The van der Waals surface area contributed by atoms with Crippen molar-refractivity contribution in [1.82, 2.24) is 9.97 Å². The molecule has 0 unspecified atom stereocenters. The van der Waals surface area contributed by atoms with Crippen LogP contribution >= 0.6 is 11.6 Å². The lowest BCUT2D eigenvalue weighted by molar-refractivity contribution is 1.09. The molecule has 0 saturated carbocycles. The zero-order valence-corrected chi connectivity index (χ0v) is 10.6. The van der Waals surface area contributed by atoms with Gasteiger partial charge in [0, 0.05) is 5.69 Å². The van der Waals surface area contributed by atoms with Crippen LogP contribution in [0.5, 0.6) is 0 Å². The molecule has 4 heteroatoms. The van der Waals surface area contributed by atoms with Crippen LogP contribution in [0.15, 0.2) is 6.07 Å². The SMILES string of the molecule is Cc1cc(C#C[Si](C)(C)C)nc(Cl)n1. The van der Waals surface area contributed by atoms with Crippen molar-refractivity contribution in [2.45, 2.75) is 26.6 Å². The topological polar surface area (TPSA) is 25.8 Å². The molecule has 2 nitrogen and oxygen atoms in total. The number of halogens is 1. The fraction of sp³-hybridized carbons (Fsp3) is 0.400. The van der Waals surface area contributed by atoms with Gasteiger partial charge in [0.2, 0.25) is 5.28 Å². The van der Waals surface area contributed by atoms with Gasteiger partial charge in [-0.2, -0.15) is 0 Å². The third-order valence-electron chi connectivity index (χ3n) is 1.39. The van der Waals surface area contributed by atoms with E-state index in [2.05, 4.69) is 41.1 Å². The van der Waals surface area contributed by atoms with E-state index < -0.39 is 8.07 Å². The van der Waals surface area contributed by atoms with Crippen LogP contribution in [0.25, 0.3) is 0 Å². The number of hydrogen-bond donors (Lipinski definition) is 0. The zero-order valence-electron chi connectivity index (χ0n) is 8.85. The molecule has 1 rings (SSSR count). The van der Waals surface area contributed by atoms with Gasteiger partial charge in [-0.15, -0.1) is 5.54 Å². The van der Waals surface area contributed by atoms with Gasteiger partial charge in [0.25, 0.3) is 0 Å². The maximum absolute atomic E-state index is 5.72. The lowest BCUT2D eigenvalue weighted by atomic mass is 10.3. The third-order valence-corrected chi connectivity index (χ3v) is 2.44. The molecule has 0 spiro atoms. The van der Waals surface area contributed by atoms with E-state index in [1.807, 2.05) is 13.0 Å². The average molecular weight is 225 g/mol. The molecule has 0 aromatic carbocycles. The highest BCUT2D eigenvalue weighted by molar-refractivity contribution is 6.83. The summed E-state index contributed by atoms with van der Waals surface area (Å²) in [4.78, 5) is 8.02. The van der Waals surface area contributed by atoms with Crippen molar-refractivity contribution in [2.75, 3.05) is 0 Å². The molecule has 0 aliphatic rings. The molecule has 1 heterocycles. The van der Waals surface area contributed by atoms with E-state index >= 15 is 0 Å². The Bertz CT molecular complexity index is 379. The number of rotatable bonds is 0. The van der Waals surface area contributed by atoms with Gasteiger partial charge in [0.1, 0.15) is 13.8 Å². The van der Waals surface area contributed by atoms with Crippen LogP contribution in [0.4, 0.5) is 0 Å². The molecule has 14 heavy (non-hydrogen) atoms. The maximum Gasteiger partial charge on any atom is 0.223 e. The van der Waals surface area contributed by atoms with Crippen LogP contribution in [0.3, 0.4) is 0 Å². The second-order valence-electron chi connectivity index (χ2n) is 4.16. The van der Waals surface area contributed by atoms with Gasteiger partial charge in [-0.3, -0.25) is 0 Å². The monoisotopic (exact) mass is 224 g/mol. The smallest absolute Gasteiger partial charge is 0.223 e. The summed E-state index contributed by atoms with van der Waals surface area (Å²) in [6, 6.07) is 1.85. The molecule has 74 valence electrons. The zero-order chi connectivity index (χ0) is 10.8. The number of aryl methyl sites for hydroxylation is 1. The Morgan fingerprint density at radius 1 is 1.29 bits per heavy atom. The minimum Gasteiger partial charge on any atom is -0.223 e. The molecule has 0 N–H and O–H groups in total. The Hall–Kier alpha value is -0.853. The number of aromatic nitrogens is 2. The molecular formula is C10H13ClN2Si. The predicted molar refractivity (Wildman–Crippen MR) is 62.0 cm³/mol. The van der Waals surface area contributed by atoms with Crippen LogP contribution in [0, 0.1) is 18.4 Å². The van der Waals surface area contributed by atoms with Crippen molar-refractivity contribution in [1.29, 1.82) is 0 Å². The summed E-state index contributed by atoms with van der Waals surface area (Å²) in [5.74, 6) is 3.04. The summed E-state index contributed by atoms with van der Waals surface area (Å²) < 4.78 is 0. The van der Waals surface area contributed by atoms with Gasteiger partial charge < -0.3 is 0 Å². The molecule has 0 aliphatic carbocycles. The van der Waals surface area contributed by atoms with Crippen LogP contribution in [-0.4, -0.2) is 18.0 Å². The van der Waals surface area contributed by atoms with Gasteiger partial charge in [0.15, 0.2) is 0 Å². The van der Waals surface area contributed by atoms with Gasteiger partial charge in [-0.05, 0) is 24.6 Å². The van der Waals surface area contributed by atoms with E-state index in [1.54, 1.807) is 0 Å². The second-order valence-corrected chi connectivity index (χ2v) is 9.25. The van der Waals surface area contributed by atoms with Gasteiger partial charge in [-0.1, -0.05) is 25.6 Å². The normalized spacial score (nSPS) is 10.6. The molecule has 0 saturated heterocycles. The van der Waals surface area contributed by atoms with Crippen molar-refractivity contribution in [3.63, 3.8) is 0 Å². The van der Waals surface area contributed by atoms with E-state index in [0.717, 1.165) is 5.69 Å². The third kappa shape index (κ3) is 3.90. The largest absolute Gasteiger partial charge is 0.223 e. The van der Waals surface area contributed by atoms with E-state index in [1.165, 1.54) is 0 Å². The minimum atomic E-state index is -1.34. The van der Waals surface area contributed by atoms with Crippen molar-refractivity contribution in [3.05, 3.63) is 22.7 Å². The van der Waals surface area contributed by atoms with E-state index in [4.69, 9.17) is 11.6 Å². The summed E-state index contributed by atoms with van der Waals surface area (Å²) in [5.41, 5.74) is 4.80. The van der Waals surface area contributed by atoms with Crippen LogP contribution in [0.2, 0.25) is 24.9 Å². The first-order valence-electron chi connectivity index (χ1n) is 4.41. The predicted octanol–water partition coefficient (Wildman–Crippen LogP) is 2.67. The van der Waals surface area contributed by atoms with E-state index in [9.17, 15) is 0 Å². The first-order chi connectivity index (χ1) is 6.37. The van der Waals surface area contributed by atoms with Crippen molar-refractivity contribution >= 4 is 19.7 Å². The molecule has 0 radical (unpaired) electrons. The lowest BCUT2D eigenvalue weighted by Gasteiger charge is -2.03. The quantitative estimate of drug-likeness (QED) is 0.385. The van der Waals surface area contributed by atoms with E-state index in [0.29, 0.717) is 5.69 Å². The molecule has 0 amide bonds. The van der Waals surface area contributed by atoms with Crippen LogP contribution in [-0.2, 0) is 0 Å². The highest BCUT2D eigenvalue weighted by Gasteiger charge is 2.07. The maximum atomic E-state index is 5.72. The lowest BCUT2D eigenvalue weighted by Crippen LogP contribution is -2.16. The van der Waals surface area contributed by atoms with Crippen molar-refractivity contribution in [3.8, 4) is 11.5 Å². The van der Waals surface area contributed by atoms with Gasteiger partial charge >= 0.3 is 0 Å². The summed E-state index contributed by atoms with van der Waals surface area (Å²) >= 11 is 5.72. The van der Waals surface area contributed by atoms with Gasteiger partial charge in [-0.25, -0.2) is 9.97 Å². The molecule has 0 aliphatic heterocycles. The standard InChI is InChI=1S/C10H13ClN2Si/c1-8-7-9(13-10(11)12-8)5-6-14(2,3)4/h7H,1-4H3. The first-order valence-corrected chi connectivity index (χ1v) is 8.29. The Labute approximate surface area is 90.7 Å². The molecule has 1 aromatic heterocycles. The Morgan fingerprint density at radius 2 is 1.93 bits per heavy atom. The Balaban J connectivity index is 3.02. The Kier molecular flexibility index (Phi) is 3.30. The average Bonchev–Trinajstić information content (AvgIpc) is 1.97. The number of nitrogens with zero attached hydrogens (tertiary/aromatic N) is 2. The summed E-state index contributed by atoms with van der Waals surface area (Å²) in [5, 5.41) is 0.268. The Morgan fingerprint density at radius 3 is 2.43 bits per heavy atom. The second kappa shape index (κ2) is 4.12. The first kappa shape index (κ1) is 11.2. The summed E-state index contributed by atoms with van der Waals surface area (Å²) in [7, 11) is -1.34. The fourth-order valence-corrected chi connectivity index (χ4v) is 1.58. The van der Waals surface area contributed by atoms with E-state index in [-0.39, 0.29) is 5.28 Å². The highest BCUT2D eigenvalue weighted by atomic mass is 35.5. The molecular weight excluding hydrogens is 212 g/mol. The molecule has 0 atom stereocenters. The van der Waals surface area contributed by atoms with Crippen molar-refractivity contribution < 1.29 is 0 Å². The van der Waals surface area contributed by atoms with Crippen LogP contribution < -0.4 is 0 Å². The number of hydrogen-bond acceptors (Lipinski definition) is 2. The van der Waals surface area contributed by atoms with Crippen molar-refractivity contribution in [2.24, 2.45) is 0 Å². The minimum absolute atomic E-state index is 0.268.